The molecule has 0 bridgehead atoms. The summed E-state index contributed by atoms with van der Waals surface area (Å²) in [6, 6.07) is 4.09. The second-order valence-electron chi connectivity index (χ2n) is 4.31. The molecular weight excluding hydrogens is 223 g/mol. The van der Waals surface area contributed by atoms with Crippen molar-refractivity contribution < 1.29 is 14.0 Å². The van der Waals surface area contributed by atoms with E-state index in [1.807, 2.05) is 6.92 Å². The minimum Gasteiger partial charge on any atom is -0.397 e. The molecule has 2 rings (SSSR count). The molecule has 0 radical (unpaired) electrons. The summed E-state index contributed by atoms with van der Waals surface area (Å²) >= 11 is 0. The van der Waals surface area contributed by atoms with Crippen LogP contribution in [0.5, 0.6) is 0 Å². The Hall–Kier alpha value is -1.91. The predicted molar refractivity (Wildman–Crippen MR) is 61.7 cm³/mol. The van der Waals surface area contributed by atoms with Crippen molar-refractivity contribution in [1.29, 1.82) is 0 Å². The van der Waals surface area contributed by atoms with Gasteiger partial charge < -0.3 is 5.73 Å². The molecule has 1 saturated heterocycles. The predicted octanol–water partition coefficient (Wildman–Crippen LogP) is 1.70. The molecule has 0 atom stereocenters. The number of nitrogens with two attached hydrogens (primary N) is 1. The lowest BCUT2D eigenvalue weighted by Crippen LogP contribution is -2.43. The first-order valence-electron chi connectivity index (χ1n) is 5.40. The number of nitrogens with zero attached hydrogens (tertiary/aromatic N) is 1. The molecule has 0 aromatic heterocycles. The van der Waals surface area contributed by atoms with Gasteiger partial charge in [-0.1, -0.05) is 13.0 Å². The SMILES string of the molecule is CC1CC(=O)N(c2c(N)cccc2F)C(=O)C1. The van der Waals surface area contributed by atoms with Crippen molar-refractivity contribution in [2.75, 3.05) is 10.6 Å². The highest BCUT2D eigenvalue weighted by Crippen LogP contribution is 2.31. The summed E-state index contributed by atoms with van der Waals surface area (Å²) in [5.74, 6) is -1.45. The fourth-order valence-electron chi connectivity index (χ4n) is 2.01. The second-order valence-corrected chi connectivity index (χ2v) is 4.31. The van der Waals surface area contributed by atoms with Crippen LogP contribution in [-0.4, -0.2) is 11.8 Å². The molecule has 5 heteroatoms. The molecule has 4 nitrogen and oxygen atoms in total. The Bertz CT molecular complexity index is 449. The molecule has 0 saturated carbocycles. The van der Waals surface area contributed by atoms with Gasteiger partial charge in [0.25, 0.3) is 0 Å². The number of carbonyl (C=O) groups excluding carboxylic acids is 2. The first-order chi connectivity index (χ1) is 8.00. The van der Waals surface area contributed by atoms with E-state index < -0.39 is 17.6 Å². The molecule has 1 aromatic carbocycles. The zero-order valence-electron chi connectivity index (χ0n) is 9.44. The van der Waals surface area contributed by atoms with Gasteiger partial charge in [-0.2, -0.15) is 0 Å². The molecule has 90 valence electrons. The number of nitrogen functional groups attached to an aromatic ring is 1. The molecule has 1 aliphatic heterocycles. The molecule has 2 amide bonds. The number of hydrogen-bond acceptors (Lipinski definition) is 3. The Labute approximate surface area is 98.2 Å². The lowest BCUT2D eigenvalue weighted by atomic mass is 9.97. The Kier molecular flexibility index (Phi) is 2.83. The maximum Gasteiger partial charge on any atom is 0.234 e. The van der Waals surface area contributed by atoms with E-state index in [0.29, 0.717) is 0 Å². The van der Waals surface area contributed by atoms with Gasteiger partial charge >= 0.3 is 0 Å². The van der Waals surface area contributed by atoms with Crippen LogP contribution in [-0.2, 0) is 9.59 Å². The minimum atomic E-state index is -0.652. The summed E-state index contributed by atoms with van der Waals surface area (Å²) in [5.41, 5.74) is 5.61. The number of piperidine rings is 1. The van der Waals surface area contributed by atoms with Gasteiger partial charge in [0.1, 0.15) is 11.5 Å². The summed E-state index contributed by atoms with van der Waals surface area (Å²) in [5, 5.41) is 0. The Balaban J connectivity index is 2.46. The number of hydrogen-bond donors (Lipinski definition) is 1. The largest absolute Gasteiger partial charge is 0.397 e. The molecule has 1 aromatic rings. The molecule has 0 aliphatic carbocycles. The number of rotatable bonds is 1. The second kappa shape index (κ2) is 4.16. The van der Waals surface area contributed by atoms with Crippen molar-refractivity contribution in [3.8, 4) is 0 Å². The van der Waals surface area contributed by atoms with Gasteiger partial charge in [0, 0.05) is 12.8 Å². The summed E-state index contributed by atoms with van der Waals surface area (Å²) in [6.07, 6.45) is 0.471. The van der Waals surface area contributed by atoms with E-state index >= 15 is 0 Å². The van der Waals surface area contributed by atoms with E-state index in [1.165, 1.54) is 18.2 Å². The van der Waals surface area contributed by atoms with Crippen molar-refractivity contribution in [2.24, 2.45) is 5.92 Å². The minimum absolute atomic E-state index is 0.000696. The van der Waals surface area contributed by atoms with Gasteiger partial charge in [-0.05, 0) is 18.1 Å². The molecule has 17 heavy (non-hydrogen) atoms. The lowest BCUT2D eigenvalue weighted by Gasteiger charge is -2.29. The van der Waals surface area contributed by atoms with Crippen molar-refractivity contribution >= 4 is 23.2 Å². The fraction of sp³-hybridized carbons (Fsp3) is 0.333. The first kappa shape index (κ1) is 11.6. The van der Waals surface area contributed by atoms with Crippen LogP contribution in [0, 0.1) is 11.7 Å². The number of imide groups is 1. The fourth-order valence-corrected chi connectivity index (χ4v) is 2.01. The van der Waals surface area contributed by atoms with E-state index in [0.717, 1.165) is 4.90 Å². The van der Waals surface area contributed by atoms with Crippen molar-refractivity contribution in [2.45, 2.75) is 19.8 Å². The summed E-state index contributed by atoms with van der Waals surface area (Å²) < 4.78 is 13.7. The quantitative estimate of drug-likeness (QED) is 0.596. The number of benzene rings is 1. The van der Waals surface area contributed by atoms with Gasteiger partial charge in [0.15, 0.2) is 0 Å². The van der Waals surface area contributed by atoms with Crippen LogP contribution in [0.25, 0.3) is 0 Å². The molecule has 1 fully saturated rings. The maximum absolute atomic E-state index is 13.7. The van der Waals surface area contributed by atoms with Crippen LogP contribution in [0.15, 0.2) is 18.2 Å². The monoisotopic (exact) mass is 236 g/mol. The maximum atomic E-state index is 13.7. The van der Waals surface area contributed by atoms with Crippen LogP contribution in [0.2, 0.25) is 0 Å². The van der Waals surface area contributed by atoms with Crippen LogP contribution in [0.1, 0.15) is 19.8 Å². The zero-order valence-corrected chi connectivity index (χ0v) is 9.44. The third-order valence-corrected chi connectivity index (χ3v) is 2.79. The van der Waals surface area contributed by atoms with Crippen LogP contribution in [0.3, 0.4) is 0 Å². The summed E-state index contributed by atoms with van der Waals surface area (Å²) in [4.78, 5) is 24.5. The third-order valence-electron chi connectivity index (χ3n) is 2.79. The number of anilines is 2. The average Bonchev–Trinajstić information content (AvgIpc) is 2.21. The molecule has 0 unspecified atom stereocenters. The summed E-state index contributed by atoms with van der Waals surface area (Å²) in [7, 11) is 0. The van der Waals surface area contributed by atoms with Crippen LogP contribution >= 0.6 is 0 Å². The van der Waals surface area contributed by atoms with E-state index in [-0.39, 0.29) is 30.1 Å². The van der Waals surface area contributed by atoms with Crippen LogP contribution < -0.4 is 10.6 Å². The molecule has 0 spiro atoms. The molecule has 2 N–H and O–H groups in total. The van der Waals surface area contributed by atoms with Crippen LogP contribution in [0.4, 0.5) is 15.8 Å². The van der Waals surface area contributed by atoms with Crippen molar-refractivity contribution in [3.05, 3.63) is 24.0 Å². The highest BCUT2D eigenvalue weighted by Gasteiger charge is 2.34. The van der Waals surface area contributed by atoms with Crippen molar-refractivity contribution in [1.82, 2.24) is 0 Å². The van der Waals surface area contributed by atoms with Gasteiger partial charge in [-0.15, -0.1) is 0 Å². The van der Waals surface area contributed by atoms with Crippen molar-refractivity contribution in [3.63, 3.8) is 0 Å². The third kappa shape index (κ3) is 2.00. The van der Waals surface area contributed by atoms with E-state index in [1.54, 1.807) is 0 Å². The van der Waals surface area contributed by atoms with E-state index in [2.05, 4.69) is 0 Å². The number of carbonyl (C=O) groups is 2. The highest BCUT2D eigenvalue weighted by atomic mass is 19.1. The normalized spacial score (nSPS) is 17.6. The van der Waals surface area contributed by atoms with Gasteiger partial charge in [-0.3, -0.25) is 9.59 Å². The summed E-state index contributed by atoms with van der Waals surface area (Å²) in [6.45, 7) is 1.82. The van der Waals surface area contributed by atoms with Gasteiger partial charge in [0.05, 0.1) is 5.69 Å². The van der Waals surface area contributed by atoms with E-state index in [4.69, 9.17) is 5.73 Å². The molecular formula is C12H13FN2O2. The standard InChI is InChI=1S/C12H13FN2O2/c1-7-5-10(16)15(11(17)6-7)12-8(13)3-2-4-9(12)14/h2-4,7H,5-6,14H2,1H3. The Morgan fingerprint density at radius 3 is 2.41 bits per heavy atom. The smallest absolute Gasteiger partial charge is 0.234 e. The number of amides is 2. The first-order valence-corrected chi connectivity index (χ1v) is 5.40. The van der Waals surface area contributed by atoms with Gasteiger partial charge in [-0.25, -0.2) is 9.29 Å². The zero-order chi connectivity index (χ0) is 12.6. The van der Waals surface area contributed by atoms with Gasteiger partial charge in [0.2, 0.25) is 11.8 Å². The topological polar surface area (TPSA) is 63.4 Å². The lowest BCUT2D eigenvalue weighted by molar-refractivity contribution is -0.130. The Morgan fingerprint density at radius 2 is 1.88 bits per heavy atom. The van der Waals surface area contributed by atoms with E-state index in [9.17, 15) is 14.0 Å². The number of halogens is 1. The highest BCUT2D eigenvalue weighted by molar-refractivity contribution is 6.18. The average molecular weight is 236 g/mol. The Morgan fingerprint density at radius 1 is 1.29 bits per heavy atom. The molecule has 1 aliphatic rings. The number of para-hydroxylation sites is 1. The molecule has 1 heterocycles.